The second-order valence-electron chi connectivity index (χ2n) is 6.67. The van der Waals surface area contributed by atoms with Gasteiger partial charge in [-0.15, -0.1) is 11.8 Å². The molecule has 0 aliphatic carbocycles. The summed E-state index contributed by atoms with van der Waals surface area (Å²) >= 11 is 7.50. The van der Waals surface area contributed by atoms with Gasteiger partial charge in [-0.2, -0.15) is 5.10 Å². The molecule has 0 aliphatic rings. The molecule has 3 aromatic heterocycles. The molecular formula is C22H22ClN5O4S. The average molecular weight is 488 g/mol. The number of thioether (sulfide) groups is 1. The number of esters is 1. The third kappa shape index (κ3) is 4.71. The average Bonchev–Trinajstić information content (AvgIpc) is 3.41. The predicted molar refractivity (Wildman–Crippen MR) is 126 cm³/mol. The van der Waals surface area contributed by atoms with E-state index in [4.69, 9.17) is 16.3 Å². The molecule has 0 saturated carbocycles. The van der Waals surface area contributed by atoms with Crippen LogP contribution in [0.2, 0.25) is 5.02 Å². The molecule has 0 fully saturated rings. The largest absolute Gasteiger partial charge is 0.494 e. The van der Waals surface area contributed by atoms with Crippen molar-refractivity contribution in [2.75, 3.05) is 14.2 Å². The van der Waals surface area contributed by atoms with Crippen molar-refractivity contribution in [2.45, 2.75) is 25.1 Å². The highest BCUT2D eigenvalue weighted by molar-refractivity contribution is 7.98. The van der Waals surface area contributed by atoms with Crippen LogP contribution in [0, 0.1) is 6.92 Å². The van der Waals surface area contributed by atoms with Gasteiger partial charge in [-0.1, -0.05) is 19.0 Å². The fourth-order valence-corrected chi connectivity index (χ4v) is 4.16. The van der Waals surface area contributed by atoms with Gasteiger partial charge in [-0.05, 0) is 31.2 Å². The van der Waals surface area contributed by atoms with Crippen LogP contribution in [-0.2, 0) is 15.4 Å². The Morgan fingerprint density at radius 3 is 2.48 bits per heavy atom. The summed E-state index contributed by atoms with van der Waals surface area (Å²) in [5.41, 5.74) is 0.726. The maximum atomic E-state index is 12.8. The van der Waals surface area contributed by atoms with Gasteiger partial charge in [-0.3, -0.25) is 4.79 Å². The summed E-state index contributed by atoms with van der Waals surface area (Å²) in [4.78, 5) is 34.5. The number of hydrogen-bond donors (Lipinski definition) is 0. The Morgan fingerprint density at radius 2 is 1.88 bits per heavy atom. The number of halogens is 1. The number of nitrogens with zero attached hydrogens (tertiary/aromatic N) is 5. The molecule has 172 valence electrons. The second kappa shape index (κ2) is 10.1. The maximum Gasteiger partial charge on any atom is 0.379 e. The number of rotatable bonds is 7. The van der Waals surface area contributed by atoms with Crippen LogP contribution in [0.3, 0.4) is 0 Å². The molecule has 0 saturated heterocycles. The summed E-state index contributed by atoms with van der Waals surface area (Å²) in [7, 11) is 2.64. The Morgan fingerprint density at radius 1 is 1.15 bits per heavy atom. The summed E-state index contributed by atoms with van der Waals surface area (Å²) < 4.78 is 13.5. The van der Waals surface area contributed by atoms with Gasteiger partial charge in [0.25, 0.3) is 5.78 Å². The molecule has 0 N–H and O–H groups in total. The molecular weight excluding hydrogens is 466 g/mol. The fraction of sp³-hybridized carbons (Fsp3) is 0.227. The molecule has 4 aromatic rings. The highest BCUT2D eigenvalue weighted by atomic mass is 35.5. The lowest BCUT2D eigenvalue weighted by Gasteiger charge is -2.11. The van der Waals surface area contributed by atoms with Crippen LogP contribution < -0.4 is 4.74 Å². The van der Waals surface area contributed by atoms with Crippen molar-refractivity contribution >= 4 is 46.0 Å². The number of methoxy groups -OCH3 is 2. The summed E-state index contributed by atoms with van der Waals surface area (Å²) in [6.45, 7) is 1.76. The summed E-state index contributed by atoms with van der Waals surface area (Å²) in [5.74, 6) is 0.0343. The molecule has 0 atom stereocenters. The van der Waals surface area contributed by atoms with E-state index in [0.29, 0.717) is 39.2 Å². The smallest absolute Gasteiger partial charge is 0.379 e. The van der Waals surface area contributed by atoms with Crippen LogP contribution in [0.1, 0.15) is 23.6 Å². The first-order valence-electron chi connectivity index (χ1n) is 9.38. The number of hydrogen-bond acceptors (Lipinski definition) is 8. The highest BCUT2D eigenvalue weighted by Crippen LogP contribution is 2.35. The lowest BCUT2D eigenvalue weighted by molar-refractivity contribution is -0.135. The Hall–Kier alpha value is -3.37. The van der Waals surface area contributed by atoms with Crippen molar-refractivity contribution < 1.29 is 19.1 Å². The van der Waals surface area contributed by atoms with Crippen molar-refractivity contribution in [1.82, 2.24) is 24.3 Å². The van der Waals surface area contributed by atoms with Crippen molar-refractivity contribution in [3.05, 3.63) is 59.4 Å². The molecule has 0 radical (unpaired) electrons. The first kappa shape index (κ1) is 24.3. The van der Waals surface area contributed by atoms with Gasteiger partial charge in [0.15, 0.2) is 5.82 Å². The summed E-state index contributed by atoms with van der Waals surface area (Å²) in [5, 5.41) is 5.44. The molecule has 9 nitrogen and oxygen atoms in total. The number of aryl methyl sites for hydroxylation is 1. The van der Waals surface area contributed by atoms with E-state index in [1.807, 2.05) is 16.7 Å². The number of carbonyl (C=O) groups is 2. The van der Waals surface area contributed by atoms with Crippen LogP contribution in [0.4, 0.5) is 0 Å². The van der Waals surface area contributed by atoms with E-state index in [2.05, 4.69) is 19.8 Å². The van der Waals surface area contributed by atoms with E-state index in [-0.39, 0.29) is 13.0 Å². The van der Waals surface area contributed by atoms with E-state index in [1.54, 1.807) is 25.3 Å². The number of Topliss-reactive ketones (excluding diaryl/α,β-unsaturated/α-hetero) is 1. The van der Waals surface area contributed by atoms with Crippen molar-refractivity contribution in [3.8, 4) is 11.6 Å². The van der Waals surface area contributed by atoms with Gasteiger partial charge < -0.3 is 14.0 Å². The SMILES string of the molecule is C.COC(=O)C(=O)c1cn(CSc2ccc(Cl)cc2)c2c(-n3cnc(C)n3)ncc(OC)c12. The second-order valence-corrected chi connectivity index (χ2v) is 8.13. The Kier molecular flexibility index (Phi) is 7.39. The van der Waals surface area contributed by atoms with E-state index >= 15 is 0 Å². The number of carbonyl (C=O) groups excluding carboxylic acids is 2. The zero-order valence-corrected chi connectivity index (χ0v) is 19.0. The van der Waals surface area contributed by atoms with E-state index in [9.17, 15) is 9.59 Å². The zero-order chi connectivity index (χ0) is 22.8. The maximum absolute atomic E-state index is 12.8. The number of benzene rings is 1. The van der Waals surface area contributed by atoms with Crippen molar-refractivity contribution in [3.63, 3.8) is 0 Å². The van der Waals surface area contributed by atoms with Crippen LogP contribution >= 0.6 is 23.4 Å². The Balaban J connectivity index is 0.00000306. The minimum atomic E-state index is -0.966. The number of ketones is 1. The number of aromatic nitrogens is 5. The lowest BCUT2D eigenvalue weighted by atomic mass is 10.1. The van der Waals surface area contributed by atoms with Crippen molar-refractivity contribution in [1.29, 1.82) is 0 Å². The fourth-order valence-electron chi connectivity index (χ4n) is 3.21. The summed E-state index contributed by atoms with van der Waals surface area (Å²) in [6, 6.07) is 7.41. The Labute approximate surface area is 199 Å². The predicted octanol–water partition coefficient (Wildman–Crippen LogP) is 4.33. The number of pyridine rings is 1. The molecule has 1 aromatic carbocycles. The highest BCUT2D eigenvalue weighted by Gasteiger charge is 2.27. The van der Waals surface area contributed by atoms with Crippen LogP contribution in [0.25, 0.3) is 16.7 Å². The number of fused-ring (bicyclic) bond motifs is 1. The first-order valence-corrected chi connectivity index (χ1v) is 10.7. The summed E-state index contributed by atoms with van der Waals surface area (Å²) in [6.07, 6.45) is 4.62. The van der Waals surface area contributed by atoms with Gasteiger partial charge in [0.05, 0.1) is 42.8 Å². The Bertz CT molecular complexity index is 1320. The third-order valence-electron chi connectivity index (χ3n) is 4.68. The van der Waals surface area contributed by atoms with Gasteiger partial charge in [0, 0.05) is 16.1 Å². The van der Waals surface area contributed by atoms with Gasteiger partial charge in [-0.25, -0.2) is 19.4 Å². The standard InChI is InChI=1S/C21H18ClN5O4S.CH4/c1-12-24-10-27(25-12)20-18-17(16(30-2)8-23-20)15(19(28)21(29)31-3)9-26(18)11-32-14-6-4-13(22)5-7-14;/h4-10H,11H2,1-3H3;1H4. The lowest BCUT2D eigenvalue weighted by Crippen LogP contribution is -2.15. The van der Waals surface area contributed by atoms with Crippen LogP contribution in [0.5, 0.6) is 5.75 Å². The van der Waals surface area contributed by atoms with Gasteiger partial charge in [0.1, 0.15) is 17.9 Å². The van der Waals surface area contributed by atoms with E-state index < -0.39 is 11.8 Å². The molecule has 0 unspecified atom stereocenters. The molecule has 11 heteroatoms. The van der Waals surface area contributed by atoms with Gasteiger partial charge >= 0.3 is 5.97 Å². The molecule has 3 heterocycles. The minimum absolute atomic E-state index is 0. The quantitative estimate of drug-likeness (QED) is 0.164. The number of ether oxygens (including phenoxy) is 2. The molecule has 4 rings (SSSR count). The normalized spacial score (nSPS) is 10.7. The van der Waals surface area contributed by atoms with Crippen LogP contribution in [-0.4, -0.2) is 50.3 Å². The third-order valence-corrected chi connectivity index (χ3v) is 5.95. The van der Waals surface area contributed by atoms with Crippen LogP contribution in [0.15, 0.2) is 47.9 Å². The molecule has 33 heavy (non-hydrogen) atoms. The van der Waals surface area contributed by atoms with Gasteiger partial charge in [0.2, 0.25) is 0 Å². The molecule has 0 bridgehead atoms. The monoisotopic (exact) mass is 487 g/mol. The molecule has 0 amide bonds. The van der Waals surface area contributed by atoms with E-state index in [0.717, 1.165) is 12.0 Å². The molecule has 0 aliphatic heterocycles. The minimum Gasteiger partial charge on any atom is -0.494 e. The first-order chi connectivity index (χ1) is 15.4. The molecule has 0 spiro atoms. The zero-order valence-electron chi connectivity index (χ0n) is 17.4. The van der Waals surface area contributed by atoms with Crippen molar-refractivity contribution in [2.24, 2.45) is 0 Å². The topological polar surface area (TPSA) is 101 Å². The van der Waals surface area contributed by atoms with E-state index in [1.165, 1.54) is 36.1 Å².